The van der Waals surface area contributed by atoms with Crippen LogP contribution in [0.5, 0.6) is 0 Å². The highest BCUT2D eigenvalue weighted by atomic mass is 32.2. The molecule has 0 aromatic heterocycles. The molecule has 0 saturated heterocycles. The van der Waals surface area contributed by atoms with Crippen molar-refractivity contribution in [2.45, 2.75) is 24.5 Å². The van der Waals surface area contributed by atoms with Gasteiger partial charge in [0.15, 0.2) is 0 Å². The number of ether oxygens (including phenoxy) is 1. The van der Waals surface area contributed by atoms with E-state index in [1.165, 1.54) is 7.11 Å². The van der Waals surface area contributed by atoms with Gasteiger partial charge in [-0.15, -0.1) is 11.8 Å². The summed E-state index contributed by atoms with van der Waals surface area (Å²) in [7, 11) is 1.39. The fourth-order valence-electron chi connectivity index (χ4n) is 1.51. The molecule has 0 aliphatic heterocycles. The number of esters is 1. The van der Waals surface area contributed by atoms with Crippen LogP contribution in [0.4, 0.5) is 0 Å². The molecule has 1 fully saturated rings. The molecule has 1 saturated carbocycles. The van der Waals surface area contributed by atoms with E-state index in [0.29, 0.717) is 11.0 Å². The zero-order valence-corrected chi connectivity index (χ0v) is 8.47. The van der Waals surface area contributed by atoms with E-state index in [1.54, 1.807) is 11.8 Å². The van der Waals surface area contributed by atoms with Crippen molar-refractivity contribution in [3.63, 3.8) is 0 Å². The first-order chi connectivity index (χ1) is 6.27. The van der Waals surface area contributed by atoms with Crippen LogP contribution in [0, 0.1) is 17.2 Å². The standard InChI is InChI=1S/C9H13NO2S/c1-12-9(11)6-13-8-4-2-3-7(8)5-10/h7-8H,2-4,6H2,1H3. The van der Waals surface area contributed by atoms with E-state index in [2.05, 4.69) is 10.8 Å². The number of methoxy groups -OCH3 is 1. The van der Waals surface area contributed by atoms with Gasteiger partial charge in [0.1, 0.15) is 0 Å². The Labute approximate surface area is 82.4 Å². The maximum absolute atomic E-state index is 10.8. The SMILES string of the molecule is COC(=O)CSC1CCCC1C#N. The van der Waals surface area contributed by atoms with Gasteiger partial charge < -0.3 is 4.74 Å². The number of hydrogen-bond acceptors (Lipinski definition) is 4. The fourth-order valence-corrected chi connectivity index (χ4v) is 2.74. The van der Waals surface area contributed by atoms with Crippen LogP contribution in [0.1, 0.15) is 19.3 Å². The molecule has 0 aromatic carbocycles. The van der Waals surface area contributed by atoms with Gasteiger partial charge in [0.05, 0.1) is 24.8 Å². The highest BCUT2D eigenvalue weighted by molar-refractivity contribution is 8.00. The zero-order chi connectivity index (χ0) is 9.68. The van der Waals surface area contributed by atoms with E-state index in [1.807, 2.05) is 0 Å². The molecule has 2 unspecified atom stereocenters. The van der Waals surface area contributed by atoms with Crippen LogP contribution in [0.25, 0.3) is 0 Å². The first-order valence-electron chi connectivity index (χ1n) is 4.36. The molecule has 0 spiro atoms. The number of thioether (sulfide) groups is 1. The van der Waals surface area contributed by atoms with Crippen molar-refractivity contribution >= 4 is 17.7 Å². The van der Waals surface area contributed by atoms with Crippen molar-refractivity contribution < 1.29 is 9.53 Å². The van der Waals surface area contributed by atoms with Gasteiger partial charge in [0.25, 0.3) is 0 Å². The van der Waals surface area contributed by atoms with Crippen LogP contribution in [0.15, 0.2) is 0 Å². The molecule has 1 aliphatic carbocycles. The minimum absolute atomic E-state index is 0.134. The lowest BCUT2D eigenvalue weighted by atomic mass is 10.1. The number of rotatable bonds is 3. The largest absolute Gasteiger partial charge is 0.468 e. The topological polar surface area (TPSA) is 50.1 Å². The summed E-state index contributed by atoms with van der Waals surface area (Å²) in [5.41, 5.74) is 0. The Bertz CT molecular complexity index is 224. The predicted octanol–water partition coefficient (Wildman–Crippen LogP) is 1.58. The Morgan fingerprint density at radius 3 is 3.08 bits per heavy atom. The summed E-state index contributed by atoms with van der Waals surface area (Å²) in [4.78, 5) is 10.8. The summed E-state index contributed by atoms with van der Waals surface area (Å²) in [5, 5.41) is 9.12. The van der Waals surface area contributed by atoms with Gasteiger partial charge in [-0.2, -0.15) is 5.26 Å². The molecule has 13 heavy (non-hydrogen) atoms. The summed E-state index contributed by atoms with van der Waals surface area (Å²) in [5.74, 6) is 0.308. The molecule has 1 rings (SSSR count). The molecule has 4 heteroatoms. The summed E-state index contributed by atoms with van der Waals surface area (Å²) >= 11 is 1.55. The Balaban J connectivity index is 2.29. The molecular weight excluding hydrogens is 186 g/mol. The second-order valence-electron chi connectivity index (χ2n) is 3.09. The Kier molecular flexibility index (Phi) is 4.10. The smallest absolute Gasteiger partial charge is 0.315 e. The lowest BCUT2D eigenvalue weighted by Gasteiger charge is -2.11. The van der Waals surface area contributed by atoms with Crippen LogP contribution in [0.2, 0.25) is 0 Å². The van der Waals surface area contributed by atoms with Gasteiger partial charge in [0.2, 0.25) is 0 Å². The van der Waals surface area contributed by atoms with Crippen molar-refractivity contribution in [3.8, 4) is 6.07 Å². The van der Waals surface area contributed by atoms with E-state index in [-0.39, 0.29) is 11.9 Å². The molecule has 2 atom stereocenters. The molecule has 0 heterocycles. The van der Waals surface area contributed by atoms with Crippen LogP contribution in [-0.2, 0) is 9.53 Å². The van der Waals surface area contributed by atoms with Crippen LogP contribution >= 0.6 is 11.8 Å². The molecule has 1 aliphatic rings. The molecule has 0 bridgehead atoms. The minimum atomic E-state index is -0.200. The molecule has 3 nitrogen and oxygen atoms in total. The van der Waals surface area contributed by atoms with Crippen LogP contribution in [-0.4, -0.2) is 24.1 Å². The Morgan fingerprint density at radius 1 is 1.69 bits per heavy atom. The third-order valence-corrected chi connectivity index (χ3v) is 3.66. The van der Waals surface area contributed by atoms with Crippen molar-refractivity contribution in [2.24, 2.45) is 5.92 Å². The number of nitrogens with zero attached hydrogens (tertiary/aromatic N) is 1. The van der Waals surface area contributed by atoms with Gasteiger partial charge in [0, 0.05) is 5.25 Å². The first kappa shape index (κ1) is 10.4. The van der Waals surface area contributed by atoms with E-state index >= 15 is 0 Å². The predicted molar refractivity (Wildman–Crippen MR) is 51.2 cm³/mol. The van der Waals surface area contributed by atoms with E-state index in [9.17, 15) is 4.79 Å². The average Bonchev–Trinajstić information content (AvgIpc) is 2.61. The summed E-state index contributed by atoms with van der Waals surface area (Å²) in [6.07, 6.45) is 3.15. The average molecular weight is 199 g/mol. The second kappa shape index (κ2) is 5.13. The van der Waals surface area contributed by atoms with E-state index < -0.39 is 0 Å². The van der Waals surface area contributed by atoms with Gasteiger partial charge in [-0.1, -0.05) is 6.42 Å². The third-order valence-electron chi connectivity index (χ3n) is 2.26. The Hall–Kier alpha value is -0.690. The molecule has 0 N–H and O–H groups in total. The van der Waals surface area contributed by atoms with E-state index in [4.69, 9.17) is 5.26 Å². The van der Waals surface area contributed by atoms with Gasteiger partial charge in [-0.3, -0.25) is 4.79 Å². The Morgan fingerprint density at radius 2 is 2.46 bits per heavy atom. The molecule has 72 valence electrons. The van der Waals surface area contributed by atoms with E-state index in [0.717, 1.165) is 19.3 Å². The lowest BCUT2D eigenvalue weighted by molar-refractivity contribution is -0.137. The zero-order valence-electron chi connectivity index (χ0n) is 7.66. The third kappa shape index (κ3) is 2.92. The molecule has 0 aromatic rings. The minimum Gasteiger partial charge on any atom is -0.468 e. The monoisotopic (exact) mass is 199 g/mol. The first-order valence-corrected chi connectivity index (χ1v) is 5.41. The van der Waals surface area contributed by atoms with Crippen molar-refractivity contribution in [2.75, 3.05) is 12.9 Å². The van der Waals surface area contributed by atoms with Crippen molar-refractivity contribution in [1.29, 1.82) is 5.26 Å². The highest BCUT2D eigenvalue weighted by Gasteiger charge is 2.27. The number of hydrogen-bond donors (Lipinski definition) is 0. The van der Waals surface area contributed by atoms with Crippen molar-refractivity contribution in [1.82, 2.24) is 0 Å². The van der Waals surface area contributed by atoms with Gasteiger partial charge in [-0.05, 0) is 12.8 Å². The maximum Gasteiger partial charge on any atom is 0.315 e. The quantitative estimate of drug-likeness (QED) is 0.648. The molecule has 0 amide bonds. The fraction of sp³-hybridized carbons (Fsp3) is 0.778. The number of carbonyl (C=O) groups excluding carboxylic acids is 1. The molecule has 0 radical (unpaired) electrons. The van der Waals surface area contributed by atoms with Crippen LogP contribution < -0.4 is 0 Å². The maximum atomic E-state index is 10.8. The number of carbonyl (C=O) groups is 1. The highest BCUT2D eigenvalue weighted by Crippen LogP contribution is 2.34. The van der Waals surface area contributed by atoms with Gasteiger partial charge in [-0.25, -0.2) is 0 Å². The summed E-state index contributed by atoms with van der Waals surface area (Å²) in [6.45, 7) is 0. The summed E-state index contributed by atoms with van der Waals surface area (Å²) < 4.78 is 4.54. The van der Waals surface area contributed by atoms with Crippen molar-refractivity contribution in [3.05, 3.63) is 0 Å². The lowest BCUT2D eigenvalue weighted by Crippen LogP contribution is -2.12. The van der Waals surface area contributed by atoms with Crippen LogP contribution in [0.3, 0.4) is 0 Å². The molecular formula is C9H13NO2S. The second-order valence-corrected chi connectivity index (χ2v) is 4.32. The van der Waals surface area contributed by atoms with Gasteiger partial charge >= 0.3 is 5.97 Å². The number of nitriles is 1. The normalized spacial score (nSPS) is 26.8. The summed E-state index contributed by atoms with van der Waals surface area (Å²) in [6, 6.07) is 2.28.